The number of allylic oxidation sites excluding steroid dienone is 4. The third-order valence-electron chi connectivity index (χ3n) is 11.0. The topological polar surface area (TPSA) is 99.6 Å². The summed E-state index contributed by atoms with van der Waals surface area (Å²) in [7, 11) is 1.88. The Labute approximate surface area is 290 Å². The quantitative estimate of drug-likeness (QED) is 0.157. The van der Waals surface area contributed by atoms with Crippen molar-refractivity contribution in [1.82, 2.24) is 20.4 Å². The standard InChI is InChI=1S/C41H62N6O/c1-6-10-32(11-7-8-23-42)38-21-22-39(47(38)34-18-15-31(16-19-34)30-13-14-30)36-20-17-33(25-29(36)4)37(43)27-45-26-35-12-9-24-46(35)41(48)40(44-5)28(2)3/h7,10-11,15,17-20,25,27-28,30-31,35,38-40,44-45H,6,8-9,12-14,16,21-24,26,42-43H2,1-5H3/b11-7-,32-10+,37-27-/t31?,35-,38?,39?,40?/m0/s1. The highest BCUT2D eigenvalue weighted by molar-refractivity contribution is 5.82. The molecule has 5 atom stereocenters. The van der Waals surface area contributed by atoms with E-state index >= 15 is 0 Å². The van der Waals surface area contributed by atoms with E-state index in [0.717, 1.165) is 68.7 Å². The fraction of sp³-hybridized carbons (Fsp3) is 0.585. The number of hydrogen-bond donors (Lipinski definition) is 4. The summed E-state index contributed by atoms with van der Waals surface area (Å²) in [6.07, 6.45) is 26.5. The third-order valence-corrected chi connectivity index (χ3v) is 11.0. The van der Waals surface area contributed by atoms with Crippen molar-refractivity contribution >= 4 is 11.6 Å². The zero-order chi connectivity index (χ0) is 34.2. The molecule has 0 spiro atoms. The number of nitrogens with two attached hydrogens (primary N) is 2. The summed E-state index contributed by atoms with van der Waals surface area (Å²) in [5.74, 6) is 2.05. The minimum Gasteiger partial charge on any atom is -0.397 e. The van der Waals surface area contributed by atoms with Gasteiger partial charge in [-0.05, 0) is 130 Å². The van der Waals surface area contributed by atoms with Crippen LogP contribution in [0.5, 0.6) is 0 Å². The van der Waals surface area contributed by atoms with Crippen molar-refractivity contribution in [3.8, 4) is 0 Å². The monoisotopic (exact) mass is 654 g/mol. The second-order valence-electron chi connectivity index (χ2n) is 14.8. The SMILES string of the molecule is CC/C=C(\C=C/CCN)C1CCC(c2ccc(/C(N)=C/NC[C@@H]3CCCN3C(=O)C(NC)C(C)C)cc2C)N1C1=CCC(C2CC2)C=C1. The maximum Gasteiger partial charge on any atom is 0.240 e. The number of carbonyl (C=O) groups excluding carboxylic acids is 1. The van der Waals surface area contributed by atoms with Gasteiger partial charge in [0.05, 0.1) is 23.8 Å². The van der Waals surface area contributed by atoms with Crippen molar-refractivity contribution in [2.24, 2.45) is 29.2 Å². The second kappa shape index (κ2) is 16.9. The number of nitrogens with one attached hydrogen (secondary N) is 2. The molecule has 5 rings (SSSR count). The van der Waals surface area contributed by atoms with Crippen molar-refractivity contribution in [1.29, 1.82) is 0 Å². The van der Waals surface area contributed by atoms with Gasteiger partial charge in [0.25, 0.3) is 0 Å². The number of hydrogen-bond acceptors (Lipinski definition) is 6. The highest BCUT2D eigenvalue weighted by Crippen LogP contribution is 2.46. The van der Waals surface area contributed by atoms with Gasteiger partial charge in [0.15, 0.2) is 0 Å². The summed E-state index contributed by atoms with van der Waals surface area (Å²) in [4.78, 5) is 18.0. The van der Waals surface area contributed by atoms with Crippen molar-refractivity contribution < 1.29 is 4.79 Å². The summed E-state index contributed by atoms with van der Waals surface area (Å²) in [5, 5.41) is 6.67. The smallest absolute Gasteiger partial charge is 0.240 e. The van der Waals surface area contributed by atoms with Crippen LogP contribution >= 0.6 is 0 Å². The summed E-state index contributed by atoms with van der Waals surface area (Å²) in [5.41, 5.74) is 19.7. The molecule has 7 heteroatoms. The highest BCUT2D eigenvalue weighted by Gasteiger charge is 2.39. The molecule has 0 aromatic heterocycles. The summed E-state index contributed by atoms with van der Waals surface area (Å²) < 4.78 is 0. The molecule has 2 heterocycles. The molecule has 48 heavy (non-hydrogen) atoms. The first-order valence-electron chi connectivity index (χ1n) is 18.8. The number of benzene rings is 1. The number of carbonyl (C=O) groups is 1. The Hall–Kier alpha value is -3.29. The summed E-state index contributed by atoms with van der Waals surface area (Å²) in [6.45, 7) is 10.9. The lowest BCUT2D eigenvalue weighted by Gasteiger charge is -2.36. The number of likely N-dealkylation sites (tertiary alicyclic amines) is 2. The summed E-state index contributed by atoms with van der Waals surface area (Å²) in [6, 6.07) is 7.42. The van der Waals surface area contributed by atoms with E-state index in [9.17, 15) is 4.79 Å². The van der Waals surface area contributed by atoms with Gasteiger partial charge in [0.2, 0.25) is 5.91 Å². The van der Waals surface area contributed by atoms with Crippen molar-refractivity contribution in [3.63, 3.8) is 0 Å². The highest BCUT2D eigenvalue weighted by atomic mass is 16.2. The van der Waals surface area contributed by atoms with E-state index in [1.807, 2.05) is 13.2 Å². The minimum absolute atomic E-state index is 0.147. The molecular weight excluding hydrogens is 592 g/mol. The minimum atomic E-state index is -0.147. The van der Waals surface area contributed by atoms with Gasteiger partial charge in [-0.25, -0.2) is 0 Å². The number of nitrogens with zero attached hydrogens (tertiary/aromatic N) is 2. The molecule has 2 aliphatic carbocycles. The van der Waals surface area contributed by atoms with Crippen LogP contribution in [0.2, 0.25) is 0 Å². The molecule has 262 valence electrons. The fourth-order valence-electron chi connectivity index (χ4n) is 8.24. The maximum atomic E-state index is 13.2. The zero-order valence-electron chi connectivity index (χ0n) is 30.3. The Morgan fingerprint density at radius 3 is 2.60 bits per heavy atom. The maximum absolute atomic E-state index is 13.2. The molecule has 0 radical (unpaired) electrons. The van der Waals surface area contributed by atoms with Crippen LogP contribution < -0.4 is 22.1 Å². The number of likely N-dealkylation sites (N-methyl/N-ethyl adjacent to an activating group) is 1. The lowest BCUT2D eigenvalue weighted by Crippen LogP contribution is -2.51. The number of aryl methyl sites for hydroxylation is 1. The van der Waals surface area contributed by atoms with Crippen LogP contribution in [0.25, 0.3) is 5.70 Å². The lowest BCUT2D eigenvalue weighted by molar-refractivity contribution is -0.135. The van der Waals surface area contributed by atoms with Crippen LogP contribution in [0.1, 0.15) is 101 Å². The van der Waals surface area contributed by atoms with Gasteiger partial charge in [-0.3, -0.25) is 4.79 Å². The Balaban J connectivity index is 1.31. The van der Waals surface area contributed by atoms with Crippen molar-refractivity contribution in [2.45, 2.75) is 110 Å². The molecular formula is C41H62N6O. The first kappa shape index (κ1) is 36.0. The van der Waals surface area contributed by atoms with Gasteiger partial charge in [0, 0.05) is 31.0 Å². The van der Waals surface area contributed by atoms with E-state index in [2.05, 4.69) is 103 Å². The summed E-state index contributed by atoms with van der Waals surface area (Å²) >= 11 is 0. The third kappa shape index (κ3) is 8.46. The molecule has 1 aromatic rings. The van der Waals surface area contributed by atoms with Gasteiger partial charge in [0.1, 0.15) is 0 Å². The second-order valence-corrected chi connectivity index (χ2v) is 14.8. The van der Waals surface area contributed by atoms with Gasteiger partial charge >= 0.3 is 0 Å². The molecule has 6 N–H and O–H groups in total. The normalized spacial score (nSPS) is 25.8. The molecule has 7 nitrogen and oxygen atoms in total. The van der Waals surface area contributed by atoms with Gasteiger partial charge in [-0.1, -0.05) is 63.3 Å². The molecule has 2 aliphatic heterocycles. The predicted octanol–water partition coefficient (Wildman–Crippen LogP) is 6.69. The van der Waals surface area contributed by atoms with Gasteiger partial charge < -0.3 is 31.9 Å². The van der Waals surface area contributed by atoms with E-state index in [0.29, 0.717) is 31.1 Å². The van der Waals surface area contributed by atoms with E-state index in [1.165, 1.54) is 35.2 Å². The largest absolute Gasteiger partial charge is 0.397 e. The fourth-order valence-corrected chi connectivity index (χ4v) is 8.24. The number of amides is 1. The van der Waals surface area contributed by atoms with E-state index in [1.54, 1.807) is 0 Å². The number of rotatable bonds is 15. The predicted molar refractivity (Wildman–Crippen MR) is 201 cm³/mol. The zero-order valence-corrected chi connectivity index (χ0v) is 30.3. The van der Waals surface area contributed by atoms with E-state index in [4.69, 9.17) is 11.5 Å². The molecule has 4 unspecified atom stereocenters. The van der Waals surface area contributed by atoms with E-state index in [-0.39, 0.29) is 23.9 Å². The molecule has 1 aromatic carbocycles. The average molecular weight is 655 g/mol. The Morgan fingerprint density at radius 1 is 1.15 bits per heavy atom. The first-order valence-corrected chi connectivity index (χ1v) is 18.8. The molecule has 1 amide bonds. The van der Waals surface area contributed by atoms with Crippen LogP contribution in [0, 0.1) is 24.7 Å². The van der Waals surface area contributed by atoms with Crippen molar-refractivity contribution in [3.05, 3.63) is 88.8 Å². The Kier molecular flexibility index (Phi) is 12.7. The van der Waals surface area contributed by atoms with Crippen LogP contribution in [0.4, 0.5) is 0 Å². The molecule has 4 aliphatic rings. The van der Waals surface area contributed by atoms with Crippen LogP contribution in [-0.4, -0.2) is 60.5 Å². The first-order chi connectivity index (χ1) is 23.3. The lowest BCUT2D eigenvalue weighted by atomic mass is 9.92. The van der Waals surface area contributed by atoms with E-state index < -0.39 is 0 Å². The average Bonchev–Trinajstić information content (AvgIpc) is 3.67. The molecule has 3 fully saturated rings. The molecule has 0 bridgehead atoms. The van der Waals surface area contributed by atoms with Crippen LogP contribution in [0.15, 0.2) is 72.1 Å². The molecule has 1 saturated carbocycles. The Morgan fingerprint density at radius 2 is 1.96 bits per heavy atom. The molecule has 2 saturated heterocycles. The van der Waals surface area contributed by atoms with Crippen LogP contribution in [0.3, 0.4) is 0 Å². The Bertz CT molecular complexity index is 1400. The van der Waals surface area contributed by atoms with Crippen LogP contribution in [-0.2, 0) is 4.79 Å². The van der Waals surface area contributed by atoms with Gasteiger partial charge in [-0.2, -0.15) is 0 Å². The van der Waals surface area contributed by atoms with Crippen molar-refractivity contribution in [2.75, 3.05) is 26.7 Å². The van der Waals surface area contributed by atoms with Gasteiger partial charge in [-0.15, -0.1) is 0 Å².